The van der Waals surface area contributed by atoms with Crippen molar-refractivity contribution in [1.29, 1.82) is 0 Å². The molecule has 106 valence electrons. The Hall–Kier alpha value is -0.0800. The van der Waals surface area contributed by atoms with Crippen molar-refractivity contribution in [3.05, 3.63) is 0 Å². The Morgan fingerprint density at radius 3 is 2.28 bits per heavy atom. The highest BCUT2D eigenvalue weighted by molar-refractivity contribution is 5.09. The molecule has 0 bridgehead atoms. The van der Waals surface area contributed by atoms with Gasteiger partial charge >= 0.3 is 0 Å². The van der Waals surface area contributed by atoms with Gasteiger partial charge in [-0.05, 0) is 37.0 Å². The Kier molecular flexibility index (Phi) is 3.35. The van der Waals surface area contributed by atoms with Crippen LogP contribution in [0.2, 0.25) is 0 Å². The number of nitrogens with one attached hydrogen (secondary N) is 1. The van der Waals surface area contributed by atoms with Crippen molar-refractivity contribution >= 4 is 0 Å². The van der Waals surface area contributed by atoms with E-state index in [0.717, 1.165) is 12.5 Å². The first-order valence-electron chi connectivity index (χ1n) is 7.53. The molecule has 2 aliphatic heterocycles. The number of hydrogen-bond acceptors (Lipinski definition) is 2. The maximum absolute atomic E-state index is 3.67. The summed E-state index contributed by atoms with van der Waals surface area (Å²) < 4.78 is 0. The van der Waals surface area contributed by atoms with Gasteiger partial charge in [-0.3, -0.25) is 4.90 Å². The summed E-state index contributed by atoms with van der Waals surface area (Å²) in [7, 11) is 0. The van der Waals surface area contributed by atoms with Crippen LogP contribution in [0.25, 0.3) is 0 Å². The molecule has 18 heavy (non-hydrogen) atoms. The quantitative estimate of drug-likeness (QED) is 0.712. The van der Waals surface area contributed by atoms with Gasteiger partial charge in [0.05, 0.1) is 0 Å². The van der Waals surface area contributed by atoms with Gasteiger partial charge in [0.1, 0.15) is 0 Å². The van der Waals surface area contributed by atoms with E-state index in [9.17, 15) is 0 Å². The van der Waals surface area contributed by atoms with Crippen molar-refractivity contribution in [2.45, 2.75) is 66.5 Å². The Morgan fingerprint density at radius 1 is 1.11 bits per heavy atom. The highest BCUT2D eigenvalue weighted by Crippen LogP contribution is 2.52. The molecule has 2 atom stereocenters. The lowest BCUT2D eigenvalue weighted by molar-refractivity contribution is 0.0419. The van der Waals surface area contributed by atoms with Gasteiger partial charge < -0.3 is 5.32 Å². The van der Waals surface area contributed by atoms with E-state index in [0.29, 0.717) is 22.4 Å². The lowest BCUT2D eigenvalue weighted by Gasteiger charge is -2.45. The molecule has 0 aliphatic carbocycles. The van der Waals surface area contributed by atoms with E-state index in [-0.39, 0.29) is 0 Å². The predicted octanol–water partition coefficient (Wildman–Crippen LogP) is 3.13. The van der Waals surface area contributed by atoms with E-state index in [4.69, 9.17) is 0 Å². The number of fused-ring (bicyclic) bond motifs is 1. The van der Waals surface area contributed by atoms with Crippen LogP contribution in [0.5, 0.6) is 0 Å². The molecule has 0 aromatic carbocycles. The van der Waals surface area contributed by atoms with Crippen LogP contribution in [-0.2, 0) is 0 Å². The number of rotatable bonds is 0. The summed E-state index contributed by atoms with van der Waals surface area (Å²) in [4.78, 5) is 2.79. The maximum atomic E-state index is 3.67. The van der Waals surface area contributed by atoms with Crippen LogP contribution < -0.4 is 5.32 Å². The zero-order chi connectivity index (χ0) is 13.8. The van der Waals surface area contributed by atoms with Crippen LogP contribution in [0, 0.1) is 16.7 Å². The molecule has 0 aromatic rings. The molecule has 0 aromatic heterocycles. The van der Waals surface area contributed by atoms with Gasteiger partial charge in [0.15, 0.2) is 0 Å². The molecule has 2 saturated heterocycles. The normalized spacial score (nSPS) is 36.2. The molecular formula is C16H32N2. The van der Waals surface area contributed by atoms with Crippen LogP contribution in [0.4, 0.5) is 0 Å². The van der Waals surface area contributed by atoms with Gasteiger partial charge in [-0.2, -0.15) is 0 Å². The molecule has 0 saturated carbocycles. The summed E-state index contributed by atoms with van der Waals surface area (Å²) in [5, 5.41) is 3.67. The van der Waals surface area contributed by atoms with Gasteiger partial charge in [0.2, 0.25) is 0 Å². The molecule has 0 spiro atoms. The monoisotopic (exact) mass is 252 g/mol. The summed E-state index contributed by atoms with van der Waals surface area (Å²) in [6.45, 7) is 20.5. The minimum absolute atomic E-state index is 0.351. The van der Waals surface area contributed by atoms with Crippen molar-refractivity contribution < 1.29 is 0 Å². The molecule has 0 radical (unpaired) electrons. The molecule has 2 heteroatoms. The van der Waals surface area contributed by atoms with Crippen molar-refractivity contribution in [3.8, 4) is 0 Å². The lowest BCUT2D eigenvalue weighted by atomic mass is 9.68. The van der Waals surface area contributed by atoms with Crippen molar-refractivity contribution in [2.24, 2.45) is 16.7 Å². The Morgan fingerprint density at radius 2 is 1.72 bits per heavy atom. The first kappa shape index (κ1) is 14.3. The smallest absolute Gasteiger partial charge is 0.0198 e. The van der Waals surface area contributed by atoms with Gasteiger partial charge in [-0.15, -0.1) is 0 Å². The highest BCUT2D eigenvalue weighted by atomic mass is 15.3. The third-order valence-corrected chi connectivity index (χ3v) is 5.19. The minimum atomic E-state index is 0.351. The van der Waals surface area contributed by atoms with Gasteiger partial charge in [0.25, 0.3) is 0 Å². The number of hydrogen-bond donors (Lipinski definition) is 1. The third-order valence-electron chi connectivity index (χ3n) is 5.19. The predicted molar refractivity (Wildman–Crippen MR) is 78.8 cm³/mol. The van der Waals surface area contributed by atoms with E-state index in [1.807, 2.05) is 0 Å². The highest BCUT2D eigenvalue weighted by Gasteiger charge is 2.55. The summed E-state index contributed by atoms with van der Waals surface area (Å²) in [6.07, 6.45) is 1.32. The Bertz CT molecular complexity index is 312. The SMILES string of the molecule is CC(C)(C)C1CNCCN2C1C(C)(C)CC2(C)C. The first-order valence-corrected chi connectivity index (χ1v) is 7.53. The molecule has 2 nitrogen and oxygen atoms in total. The second-order valence-electron chi connectivity index (χ2n) is 8.79. The van der Waals surface area contributed by atoms with Crippen molar-refractivity contribution in [3.63, 3.8) is 0 Å². The molecule has 2 heterocycles. The van der Waals surface area contributed by atoms with Crippen LogP contribution in [0.3, 0.4) is 0 Å². The second kappa shape index (κ2) is 4.21. The van der Waals surface area contributed by atoms with E-state index >= 15 is 0 Å². The fourth-order valence-corrected chi connectivity index (χ4v) is 4.67. The molecule has 2 unspecified atom stereocenters. The van der Waals surface area contributed by atoms with E-state index < -0.39 is 0 Å². The average molecular weight is 252 g/mol. The Balaban J connectivity index is 2.40. The molecule has 0 amide bonds. The summed E-state index contributed by atoms with van der Waals surface area (Å²) in [6, 6.07) is 0.711. The Labute approximate surface area is 114 Å². The fraction of sp³-hybridized carbons (Fsp3) is 1.00. The summed E-state index contributed by atoms with van der Waals surface area (Å²) in [5.41, 5.74) is 1.15. The number of nitrogens with zero attached hydrogens (tertiary/aromatic N) is 1. The summed E-state index contributed by atoms with van der Waals surface area (Å²) in [5.74, 6) is 0.733. The summed E-state index contributed by atoms with van der Waals surface area (Å²) >= 11 is 0. The van der Waals surface area contributed by atoms with E-state index in [1.165, 1.54) is 19.5 Å². The van der Waals surface area contributed by atoms with Crippen molar-refractivity contribution in [2.75, 3.05) is 19.6 Å². The standard InChI is InChI=1S/C16H32N2/c1-14(2,3)12-10-17-8-9-18-13(12)15(4,5)11-16(18,6)7/h12-13,17H,8-11H2,1-7H3. The first-order chi connectivity index (χ1) is 8.06. The fourth-order valence-electron chi connectivity index (χ4n) is 4.67. The van der Waals surface area contributed by atoms with Crippen molar-refractivity contribution in [1.82, 2.24) is 10.2 Å². The van der Waals surface area contributed by atoms with Gasteiger partial charge in [-0.25, -0.2) is 0 Å². The maximum Gasteiger partial charge on any atom is 0.0198 e. The zero-order valence-corrected chi connectivity index (χ0v) is 13.4. The minimum Gasteiger partial charge on any atom is -0.315 e. The van der Waals surface area contributed by atoms with Gasteiger partial charge in [0, 0.05) is 31.2 Å². The molecule has 1 N–H and O–H groups in total. The van der Waals surface area contributed by atoms with E-state index in [2.05, 4.69) is 58.7 Å². The van der Waals surface area contributed by atoms with Crippen LogP contribution in [0.15, 0.2) is 0 Å². The van der Waals surface area contributed by atoms with Gasteiger partial charge in [-0.1, -0.05) is 34.6 Å². The third kappa shape index (κ3) is 2.34. The average Bonchev–Trinajstić information content (AvgIpc) is 2.36. The van der Waals surface area contributed by atoms with Crippen LogP contribution in [0.1, 0.15) is 54.9 Å². The molecular weight excluding hydrogens is 220 g/mol. The largest absolute Gasteiger partial charge is 0.315 e. The lowest BCUT2D eigenvalue weighted by Crippen LogP contribution is -2.51. The van der Waals surface area contributed by atoms with Crippen LogP contribution >= 0.6 is 0 Å². The zero-order valence-electron chi connectivity index (χ0n) is 13.4. The van der Waals surface area contributed by atoms with Crippen LogP contribution in [-0.4, -0.2) is 36.1 Å². The topological polar surface area (TPSA) is 15.3 Å². The second-order valence-corrected chi connectivity index (χ2v) is 8.79. The van der Waals surface area contributed by atoms with E-state index in [1.54, 1.807) is 0 Å². The molecule has 2 fully saturated rings. The molecule has 2 rings (SSSR count). The molecule has 2 aliphatic rings.